The van der Waals surface area contributed by atoms with Crippen LogP contribution in [-0.4, -0.2) is 56.1 Å². The van der Waals surface area contributed by atoms with Gasteiger partial charge >= 0.3 is 0 Å². The molecule has 27 heavy (non-hydrogen) atoms. The molecule has 1 saturated heterocycles. The van der Waals surface area contributed by atoms with E-state index in [0.717, 1.165) is 44.1 Å². The average molecular weight is 492 g/mol. The van der Waals surface area contributed by atoms with Gasteiger partial charge in [-0.15, -0.1) is 24.0 Å². The maximum Gasteiger partial charge on any atom is 0.224 e. The van der Waals surface area contributed by atoms with E-state index in [2.05, 4.69) is 22.5 Å². The van der Waals surface area contributed by atoms with E-state index in [1.165, 1.54) is 6.42 Å². The molecule has 0 spiro atoms. The van der Waals surface area contributed by atoms with Gasteiger partial charge in [0.1, 0.15) is 12.4 Å². The Morgan fingerprint density at radius 2 is 2.19 bits per heavy atom. The minimum absolute atomic E-state index is 0. The Morgan fingerprint density at radius 3 is 2.89 bits per heavy atom. The molecule has 1 unspecified atom stereocenters. The molecule has 2 heterocycles. The number of amides is 1. The zero-order chi connectivity index (χ0) is 18.6. The van der Waals surface area contributed by atoms with Crippen LogP contribution in [0.1, 0.15) is 44.8 Å². The van der Waals surface area contributed by atoms with Crippen molar-refractivity contribution >= 4 is 35.8 Å². The summed E-state index contributed by atoms with van der Waals surface area (Å²) in [5, 5.41) is 6.44. The fraction of sp³-hybridized carbons (Fsp3) is 0.684. The lowest BCUT2D eigenvalue weighted by atomic mass is 10.0. The van der Waals surface area contributed by atoms with Crippen LogP contribution in [0.2, 0.25) is 0 Å². The minimum Gasteiger partial charge on any atom is -0.467 e. The number of hydrogen-bond donors (Lipinski definition) is 2. The van der Waals surface area contributed by atoms with Gasteiger partial charge < -0.3 is 24.7 Å². The van der Waals surface area contributed by atoms with Crippen LogP contribution in [-0.2, 0) is 16.1 Å². The summed E-state index contributed by atoms with van der Waals surface area (Å²) < 4.78 is 10.7. The number of halogens is 1. The number of likely N-dealkylation sites (tertiary alicyclic amines) is 1. The monoisotopic (exact) mass is 492 g/mol. The molecule has 8 heteroatoms. The predicted molar refractivity (Wildman–Crippen MR) is 117 cm³/mol. The topological polar surface area (TPSA) is 79.1 Å². The fourth-order valence-electron chi connectivity index (χ4n) is 3.07. The highest BCUT2D eigenvalue weighted by atomic mass is 127. The third-order valence-electron chi connectivity index (χ3n) is 4.56. The molecule has 0 radical (unpaired) electrons. The molecule has 0 bridgehead atoms. The number of carbonyl (C=O) groups excluding carboxylic acids is 1. The number of ether oxygens (including phenoxy) is 1. The van der Waals surface area contributed by atoms with Crippen LogP contribution >= 0.6 is 24.0 Å². The van der Waals surface area contributed by atoms with Crippen molar-refractivity contribution in [1.82, 2.24) is 15.5 Å². The Labute approximate surface area is 179 Å². The van der Waals surface area contributed by atoms with Gasteiger partial charge in [0.05, 0.1) is 6.26 Å². The van der Waals surface area contributed by atoms with Crippen LogP contribution in [0, 0.1) is 0 Å². The number of nitrogens with one attached hydrogen (secondary N) is 2. The Morgan fingerprint density at radius 1 is 1.37 bits per heavy atom. The van der Waals surface area contributed by atoms with Crippen LogP contribution < -0.4 is 10.6 Å². The summed E-state index contributed by atoms with van der Waals surface area (Å²) in [6.45, 7) is 5.53. The molecule has 1 atom stereocenters. The molecule has 7 nitrogen and oxygen atoms in total. The van der Waals surface area contributed by atoms with E-state index in [1.807, 2.05) is 17.0 Å². The number of nitrogens with zero attached hydrogens (tertiary/aromatic N) is 2. The maximum absolute atomic E-state index is 12.3. The normalized spacial score (nSPS) is 17.3. The number of hydrogen-bond acceptors (Lipinski definition) is 4. The van der Waals surface area contributed by atoms with Crippen molar-refractivity contribution in [3.8, 4) is 0 Å². The number of rotatable bonds is 9. The van der Waals surface area contributed by atoms with E-state index in [4.69, 9.17) is 9.15 Å². The fourth-order valence-corrected chi connectivity index (χ4v) is 3.07. The highest BCUT2D eigenvalue weighted by Gasteiger charge is 2.22. The summed E-state index contributed by atoms with van der Waals surface area (Å²) in [4.78, 5) is 18.5. The van der Waals surface area contributed by atoms with Crippen LogP contribution in [0.4, 0.5) is 0 Å². The highest BCUT2D eigenvalue weighted by molar-refractivity contribution is 14.0. The number of piperidine rings is 1. The minimum atomic E-state index is 0. The van der Waals surface area contributed by atoms with Crippen LogP contribution in [0.25, 0.3) is 0 Å². The highest BCUT2D eigenvalue weighted by Crippen LogP contribution is 2.16. The van der Waals surface area contributed by atoms with Crippen molar-refractivity contribution in [3.05, 3.63) is 24.2 Å². The average Bonchev–Trinajstić information content (AvgIpc) is 3.16. The summed E-state index contributed by atoms with van der Waals surface area (Å²) in [6.07, 6.45) is 6.47. The molecule has 1 amide bonds. The lowest BCUT2D eigenvalue weighted by Gasteiger charge is -2.33. The second-order valence-corrected chi connectivity index (χ2v) is 6.59. The van der Waals surface area contributed by atoms with Gasteiger partial charge in [0, 0.05) is 45.8 Å². The quantitative estimate of drug-likeness (QED) is 0.240. The summed E-state index contributed by atoms with van der Waals surface area (Å²) in [5.41, 5.74) is 0. The molecular weight excluding hydrogens is 459 g/mol. The van der Waals surface area contributed by atoms with E-state index in [1.54, 1.807) is 13.3 Å². The Bertz CT molecular complexity index is 551. The first-order valence-corrected chi connectivity index (χ1v) is 9.55. The molecular formula is C19H33IN4O3. The van der Waals surface area contributed by atoms with Crippen molar-refractivity contribution in [2.75, 3.05) is 33.3 Å². The summed E-state index contributed by atoms with van der Waals surface area (Å²) in [6, 6.07) is 4.12. The number of aliphatic imine (C=N–C) groups is 1. The number of furan rings is 1. The lowest BCUT2D eigenvalue weighted by Crippen LogP contribution is -2.44. The van der Waals surface area contributed by atoms with Gasteiger partial charge in [-0.25, -0.2) is 0 Å². The smallest absolute Gasteiger partial charge is 0.224 e. The van der Waals surface area contributed by atoms with Gasteiger partial charge in [-0.3, -0.25) is 9.79 Å². The Balaban J connectivity index is 0.00000364. The van der Waals surface area contributed by atoms with Crippen molar-refractivity contribution in [3.63, 3.8) is 0 Å². The molecule has 1 fully saturated rings. The van der Waals surface area contributed by atoms with Gasteiger partial charge in [-0.1, -0.05) is 0 Å². The molecule has 0 aromatic carbocycles. The zero-order valence-corrected chi connectivity index (χ0v) is 18.7. The van der Waals surface area contributed by atoms with E-state index in [0.29, 0.717) is 32.2 Å². The van der Waals surface area contributed by atoms with Crippen LogP contribution in [0.5, 0.6) is 0 Å². The standard InChI is InChI=1S/C19H32N4O3.HI/c1-16-7-3-4-12-23(16)18(24)9-11-22-19(20-2)21-10-6-13-25-15-17-8-5-14-26-17;/h5,8,14,16H,3-4,6-7,9-13,15H2,1-2H3,(H2,20,21,22);1H. The van der Waals surface area contributed by atoms with Crippen molar-refractivity contribution < 1.29 is 13.9 Å². The van der Waals surface area contributed by atoms with Crippen molar-refractivity contribution in [1.29, 1.82) is 0 Å². The van der Waals surface area contributed by atoms with Crippen molar-refractivity contribution in [2.45, 2.75) is 51.7 Å². The number of carbonyl (C=O) groups is 1. The first-order chi connectivity index (χ1) is 12.7. The molecule has 154 valence electrons. The predicted octanol–water partition coefficient (Wildman–Crippen LogP) is 2.76. The van der Waals surface area contributed by atoms with Crippen LogP contribution in [0.15, 0.2) is 27.8 Å². The molecule has 1 aliphatic heterocycles. The molecule has 1 aromatic rings. The van der Waals surface area contributed by atoms with Gasteiger partial charge in [0.25, 0.3) is 0 Å². The van der Waals surface area contributed by atoms with E-state index in [-0.39, 0.29) is 29.9 Å². The van der Waals surface area contributed by atoms with Gasteiger partial charge in [-0.2, -0.15) is 0 Å². The van der Waals surface area contributed by atoms with Crippen molar-refractivity contribution in [2.24, 2.45) is 4.99 Å². The van der Waals surface area contributed by atoms with Gasteiger partial charge in [-0.05, 0) is 44.7 Å². The molecule has 2 rings (SSSR count). The molecule has 1 aliphatic rings. The lowest BCUT2D eigenvalue weighted by molar-refractivity contribution is -0.134. The largest absolute Gasteiger partial charge is 0.467 e. The summed E-state index contributed by atoms with van der Waals surface area (Å²) in [5.74, 6) is 1.78. The van der Waals surface area contributed by atoms with Crippen LogP contribution in [0.3, 0.4) is 0 Å². The first-order valence-electron chi connectivity index (χ1n) is 9.55. The van der Waals surface area contributed by atoms with E-state index < -0.39 is 0 Å². The summed E-state index contributed by atoms with van der Waals surface area (Å²) >= 11 is 0. The Hall–Kier alpha value is -1.29. The SMILES string of the molecule is CN=C(NCCCOCc1ccco1)NCCC(=O)N1CCCCC1C.I. The summed E-state index contributed by atoms with van der Waals surface area (Å²) in [7, 11) is 1.73. The zero-order valence-electron chi connectivity index (χ0n) is 16.4. The molecule has 0 saturated carbocycles. The van der Waals surface area contributed by atoms with E-state index in [9.17, 15) is 4.79 Å². The maximum atomic E-state index is 12.3. The second kappa shape index (κ2) is 13.8. The number of guanidine groups is 1. The molecule has 0 aliphatic carbocycles. The third kappa shape index (κ3) is 8.96. The Kier molecular flexibility index (Phi) is 12.2. The molecule has 2 N–H and O–H groups in total. The first kappa shape index (κ1) is 23.7. The molecule has 1 aromatic heterocycles. The van der Waals surface area contributed by atoms with Gasteiger partial charge in [0.15, 0.2) is 5.96 Å². The third-order valence-corrected chi connectivity index (χ3v) is 4.56. The second-order valence-electron chi connectivity index (χ2n) is 6.59. The van der Waals surface area contributed by atoms with E-state index >= 15 is 0 Å². The van der Waals surface area contributed by atoms with Gasteiger partial charge in [0.2, 0.25) is 5.91 Å².